The van der Waals surface area contributed by atoms with Gasteiger partial charge in [0.1, 0.15) is 5.76 Å². The van der Waals surface area contributed by atoms with Gasteiger partial charge in [0, 0.05) is 26.2 Å². The van der Waals surface area contributed by atoms with E-state index in [0.717, 1.165) is 36.7 Å². The molecule has 0 aliphatic heterocycles. The van der Waals surface area contributed by atoms with Gasteiger partial charge in [0.05, 0.1) is 13.2 Å². The van der Waals surface area contributed by atoms with Crippen LogP contribution in [0, 0.1) is 0 Å². The number of methoxy groups -OCH3 is 1. The van der Waals surface area contributed by atoms with Crippen LogP contribution in [0.2, 0.25) is 0 Å². The van der Waals surface area contributed by atoms with Crippen molar-refractivity contribution in [2.75, 3.05) is 26.8 Å². The Morgan fingerprint density at radius 1 is 1.50 bits per heavy atom. The minimum atomic E-state index is 0.403. The molecule has 16 heavy (non-hydrogen) atoms. The van der Waals surface area contributed by atoms with Gasteiger partial charge in [0.15, 0.2) is 4.67 Å². The van der Waals surface area contributed by atoms with Crippen molar-refractivity contribution in [1.82, 2.24) is 10.6 Å². The van der Waals surface area contributed by atoms with Crippen molar-refractivity contribution in [2.45, 2.75) is 19.5 Å². The monoisotopic (exact) mass is 290 g/mol. The van der Waals surface area contributed by atoms with Crippen LogP contribution in [0.15, 0.2) is 21.2 Å². The second-order valence-corrected chi connectivity index (χ2v) is 4.47. The molecule has 1 atom stereocenters. The van der Waals surface area contributed by atoms with E-state index in [9.17, 15) is 0 Å². The summed E-state index contributed by atoms with van der Waals surface area (Å²) in [5.41, 5.74) is 0. The minimum Gasteiger partial charge on any atom is -0.453 e. The molecule has 0 aliphatic carbocycles. The van der Waals surface area contributed by atoms with Crippen molar-refractivity contribution in [3.05, 3.63) is 22.6 Å². The van der Waals surface area contributed by atoms with Gasteiger partial charge in [-0.1, -0.05) is 0 Å². The molecule has 0 aromatic carbocycles. The third-order valence-electron chi connectivity index (χ3n) is 2.19. The largest absolute Gasteiger partial charge is 0.453 e. The van der Waals surface area contributed by atoms with Gasteiger partial charge in [-0.2, -0.15) is 0 Å². The zero-order chi connectivity index (χ0) is 11.8. The van der Waals surface area contributed by atoms with E-state index < -0.39 is 0 Å². The van der Waals surface area contributed by atoms with Crippen LogP contribution in [0.25, 0.3) is 0 Å². The lowest BCUT2D eigenvalue weighted by atomic mass is 10.3. The van der Waals surface area contributed by atoms with Crippen LogP contribution in [0.1, 0.15) is 12.7 Å². The zero-order valence-electron chi connectivity index (χ0n) is 9.75. The van der Waals surface area contributed by atoms with Gasteiger partial charge in [-0.25, -0.2) is 0 Å². The van der Waals surface area contributed by atoms with E-state index in [1.54, 1.807) is 7.11 Å². The summed E-state index contributed by atoms with van der Waals surface area (Å²) in [5.74, 6) is 0.940. The summed E-state index contributed by atoms with van der Waals surface area (Å²) in [7, 11) is 1.71. The summed E-state index contributed by atoms with van der Waals surface area (Å²) in [6.07, 6.45) is 0. The van der Waals surface area contributed by atoms with E-state index in [-0.39, 0.29) is 0 Å². The molecule has 0 saturated heterocycles. The third kappa shape index (κ3) is 5.65. The molecule has 4 nitrogen and oxygen atoms in total. The van der Waals surface area contributed by atoms with Gasteiger partial charge >= 0.3 is 0 Å². The zero-order valence-corrected chi connectivity index (χ0v) is 11.3. The summed E-state index contributed by atoms with van der Waals surface area (Å²) >= 11 is 3.28. The van der Waals surface area contributed by atoms with Gasteiger partial charge in [-0.15, -0.1) is 0 Å². The molecule has 1 heterocycles. The SMILES string of the molecule is COCCNCC(C)NCc1ccc(Br)o1. The highest BCUT2D eigenvalue weighted by molar-refractivity contribution is 9.10. The molecule has 0 spiro atoms. The number of furan rings is 1. The minimum absolute atomic E-state index is 0.403. The second kappa shape index (κ2) is 7.84. The fraction of sp³-hybridized carbons (Fsp3) is 0.636. The van der Waals surface area contributed by atoms with Crippen molar-refractivity contribution in [3.63, 3.8) is 0 Å². The molecular weight excluding hydrogens is 272 g/mol. The third-order valence-corrected chi connectivity index (χ3v) is 2.61. The van der Waals surface area contributed by atoms with Crippen LogP contribution in [-0.4, -0.2) is 32.8 Å². The maximum Gasteiger partial charge on any atom is 0.169 e. The smallest absolute Gasteiger partial charge is 0.169 e. The Morgan fingerprint density at radius 2 is 2.31 bits per heavy atom. The lowest BCUT2D eigenvalue weighted by Gasteiger charge is -2.13. The summed E-state index contributed by atoms with van der Waals surface area (Å²) in [6, 6.07) is 4.27. The van der Waals surface area contributed by atoms with E-state index in [4.69, 9.17) is 9.15 Å². The molecule has 1 unspecified atom stereocenters. The Kier molecular flexibility index (Phi) is 6.71. The standard InChI is InChI=1S/C11H19BrN2O2/c1-9(7-13-5-6-15-2)14-8-10-3-4-11(12)16-10/h3-4,9,13-14H,5-8H2,1-2H3. The van der Waals surface area contributed by atoms with E-state index in [0.29, 0.717) is 6.04 Å². The van der Waals surface area contributed by atoms with Crippen LogP contribution in [0.4, 0.5) is 0 Å². The van der Waals surface area contributed by atoms with Gasteiger partial charge in [-0.05, 0) is 35.0 Å². The van der Waals surface area contributed by atoms with Crippen molar-refractivity contribution in [3.8, 4) is 0 Å². The molecule has 5 heteroatoms. The van der Waals surface area contributed by atoms with Gasteiger partial charge in [0.25, 0.3) is 0 Å². The average Bonchev–Trinajstić information content (AvgIpc) is 2.68. The van der Waals surface area contributed by atoms with Crippen molar-refractivity contribution >= 4 is 15.9 Å². The van der Waals surface area contributed by atoms with Crippen LogP contribution < -0.4 is 10.6 Å². The molecule has 1 rings (SSSR count). The molecule has 2 N–H and O–H groups in total. The Balaban J connectivity index is 2.08. The number of hydrogen-bond acceptors (Lipinski definition) is 4. The first-order chi connectivity index (χ1) is 7.72. The fourth-order valence-electron chi connectivity index (χ4n) is 1.29. The van der Waals surface area contributed by atoms with Gasteiger partial charge < -0.3 is 19.8 Å². The maximum atomic E-state index is 5.39. The number of ether oxygens (including phenoxy) is 1. The molecule has 1 aromatic rings. The highest BCUT2D eigenvalue weighted by atomic mass is 79.9. The number of rotatable bonds is 8. The van der Waals surface area contributed by atoms with Crippen molar-refractivity contribution in [1.29, 1.82) is 0 Å². The van der Waals surface area contributed by atoms with Crippen LogP contribution in [0.5, 0.6) is 0 Å². The molecule has 0 saturated carbocycles. The summed E-state index contributed by atoms with van der Waals surface area (Å²) in [4.78, 5) is 0. The molecular formula is C11H19BrN2O2. The Morgan fingerprint density at radius 3 is 2.94 bits per heavy atom. The fourth-order valence-corrected chi connectivity index (χ4v) is 1.63. The average molecular weight is 291 g/mol. The molecule has 0 fully saturated rings. The Hall–Kier alpha value is -0.360. The predicted octanol–water partition coefficient (Wildman–Crippen LogP) is 1.76. The molecule has 0 bridgehead atoms. The number of hydrogen-bond donors (Lipinski definition) is 2. The Labute approximate surface area is 105 Å². The van der Waals surface area contributed by atoms with Gasteiger partial charge in [0.2, 0.25) is 0 Å². The quantitative estimate of drug-likeness (QED) is 0.716. The lowest BCUT2D eigenvalue weighted by Crippen LogP contribution is -2.37. The van der Waals surface area contributed by atoms with Gasteiger partial charge in [-0.3, -0.25) is 0 Å². The molecule has 92 valence electrons. The number of nitrogens with one attached hydrogen (secondary N) is 2. The summed E-state index contributed by atoms with van der Waals surface area (Å²) in [6.45, 7) is 5.44. The van der Waals surface area contributed by atoms with E-state index in [1.165, 1.54) is 0 Å². The molecule has 0 amide bonds. The van der Waals surface area contributed by atoms with E-state index >= 15 is 0 Å². The Bertz CT molecular complexity index is 291. The summed E-state index contributed by atoms with van der Waals surface area (Å²) in [5, 5.41) is 6.67. The highest BCUT2D eigenvalue weighted by Crippen LogP contribution is 2.13. The topological polar surface area (TPSA) is 46.4 Å². The van der Waals surface area contributed by atoms with Crippen LogP contribution >= 0.6 is 15.9 Å². The summed E-state index contributed by atoms with van der Waals surface area (Å²) < 4.78 is 11.1. The first-order valence-corrected chi connectivity index (χ1v) is 6.19. The first kappa shape index (κ1) is 13.7. The van der Waals surface area contributed by atoms with E-state index in [2.05, 4.69) is 33.5 Å². The number of halogens is 1. The first-order valence-electron chi connectivity index (χ1n) is 5.39. The van der Waals surface area contributed by atoms with Crippen LogP contribution in [0.3, 0.4) is 0 Å². The molecule has 0 aliphatic rings. The second-order valence-electron chi connectivity index (χ2n) is 3.68. The normalized spacial score (nSPS) is 12.9. The van der Waals surface area contributed by atoms with Crippen LogP contribution in [-0.2, 0) is 11.3 Å². The molecule has 1 aromatic heterocycles. The lowest BCUT2D eigenvalue weighted by molar-refractivity contribution is 0.198. The highest BCUT2D eigenvalue weighted by Gasteiger charge is 2.03. The van der Waals surface area contributed by atoms with Crippen molar-refractivity contribution < 1.29 is 9.15 Å². The van der Waals surface area contributed by atoms with E-state index in [1.807, 2.05) is 12.1 Å². The van der Waals surface area contributed by atoms with Crippen molar-refractivity contribution in [2.24, 2.45) is 0 Å². The maximum absolute atomic E-state index is 5.39. The molecule has 0 radical (unpaired) electrons. The predicted molar refractivity (Wildman–Crippen MR) is 67.5 cm³/mol.